The maximum Gasteiger partial charge on any atom is 0.252 e. The molecule has 0 radical (unpaired) electrons. The third kappa shape index (κ3) is 4.80. The molecule has 0 aliphatic carbocycles. The summed E-state index contributed by atoms with van der Waals surface area (Å²) >= 11 is 0. The van der Waals surface area contributed by atoms with Crippen LogP contribution in [0.1, 0.15) is 20.8 Å². The molecule has 0 aromatic carbocycles. The topological polar surface area (TPSA) is 82.0 Å². The molecule has 0 heterocycles. The minimum atomic E-state index is -0.521. The van der Waals surface area contributed by atoms with Gasteiger partial charge in [-0.15, -0.1) is 0 Å². The van der Waals surface area contributed by atoms with Crippen LogP contribution in [0, 0.1) is 16.9 Å². The molecule has 0 rings (SSSR count). The summed E-state index contributed by atoms with van der Waals surface area (Å²) in [6, 6.07) is 0. The molecule has 5 heteroatoms. The van der Waals surface area contributed by atoms with Crippen molar-refractivity contribution in [2.75, 3.05) is 6.54 Å². The van der Waals surface area contributed by atoms with Crippen molar-refractivity contribution >= 4 is 11.8 Å². The lowest BCUT2D eigenvalue weighted by Crippen LogP contribution is -2.40. The molecule has 0 saturated heterocycles. The number of amides is 2. The molecule has 13 heavy (non-hydrogen) atoms. The van der Waals surface area contributed by atoms with Gasteiger partial charge in [0.25, 0.3) is 5.91 Å². The number of hydrogen-bond acceptors (Lipinski definition) is 3. The average Bonchev–Trinajstić information content (AvgIpc) is 1.99. The first kappa shape index (κ1) is 11.4. The SMILES string of the molecule is CC(C)(C)C(=O)NCC(=O)NC#N. The molecule has 0 fully saturated rings. The Morgan fingerprint density at radius 3 is 2.31 bits per heavy atom. The van der Waals surface area contributed by atoms with Gasteiger partial charge in [-0.2, -0.15) is 5.26 Å². The van der Waals surface area contributed by atoms with Crippen molar-refractivity contribution in [1.29, 1.82) is 5.26 Å². The zero-order chi connectivity index (χ0) is 10.5. The number of carbonyl (C=O) groups excluding carboxylic acids is 2. The Kier molecular flexibility index (Phi) is 3.92. The zero-order valence-corrected chi connectivity index (χ0v) is 7.97. The lowest BCUT2D eigenvalue weighted by atomic mass is 9.96. The van der Waals surface area contributed by atoms with Crippen molar-refractivity contribution < 1.29 is 9.59 Å². The molecular weight excluding hydrogens is 170 g/mol. The summed E-state index contributed by atoms with van der Waals surface area (Å²) in [5, 5.41) is 12.4. The van der Waals surface area contributed by atoms with Gasteiger partial charge in [0.1, 0.15) is 0 Å². The van der Waals surface area contributed by atoms with Crippen molar-refractivity contribution in [3.63, 3.8) is 0 Å². The standard InChI is InChI=1S/C8H13N3O2/c1-8(2,3)7(13)10-4-6(12)11-5-9/h4H2,1-3H3,(H,10,13)(H,11,12). The average molecular weight is 183 g/mol. The molecule has 0 aromatic rings. The molecule has 0 saturated carbocycles. The summed E-state index contributed by atoms with van der Waals surface area (Å²) in [6.45, 7) is 5.06. The number of carbonyl (C=O) groups is 2. The first-order chi connectivity index (χ1) is 5.88. The minimum absolute atomic E-state index is 0.163. The first-order valence-electron chi connectivity index (χ1n) is 3.84. The van der Waals surface area contributed by atoms with Gasteiger partial charge < -0.3 is 5.32 Å². The van der Waals surface area contributed by atoms with Crippen LogP contribution in [0.3, 0.4) is 0 Å². The van der Waals surface area contributed by atoms with E-state index in [-0.39, 0.29) is 12.5 Å². The van der Waals surface area contributed by atoms with Crippen molar-refractivity contribution in [3.8, 4) is 6.19 Å². The molecular formula is C8H13N3O2. The summed E-state index contributed by atoms with van der Waals surface area (Å²) in [5.41, 5.74) is -0.521. The van der Waals surface area contributed by atoms with E-state index in [1.807, 2.05) is 5.32 Å². The van der Waals surface area contributed by atoms with E-state index >= 15 is 0 Å². The fourth-order valence-electron chi connectivity index (χ4n) is 0.532. The van der Waals surface area contributed by atoms with E-state index in [9.17, 15) is 9.59 Å². The van der Waals surface area contributed by atoms with Crippen LogP contribution in [0.4, 0.5) is 0 Å². The van der Waals surface area contributed by atoms with Gasteiger partial charge in [0.05, 0.1) is 6.54 Å². The number of rotatable bonds is 2. The van der Waals surface area contributed by atoms with E-state index < -0.39 is 11.3 Å². The summed E-state index contributed by atoms with van der Waals surface area (Å²) in [6.07, 6.45) is 1.48. The Morgan fingerprint density at radius 2 is 1.92 bits per heavy atom. The second-order valence-corrected chi connectivity index (χ2v) is 3.59. The lowest BCUT2D eigenvalue weighted by molar-refractivity contribution is -0.130. The highest BCUT2D eigenvalue weighted by Crippen LogP contribution is 2.11. The van der Waals surface area contributed by atoms with Crippen LogP contribution in [0.2, 0.25) is 0 Å². The molecule has 0 aromatic heterocycles. The Bertz CT molecular complexity index is 247. The second-order valence-electron chi connectivity index (χ2n) is 3.59. The molecule has 0 unspecified atom stereocenters. The smallest absolute Gasteiger partial charge is 0.252 e. The minimum Gasteiger partial charge on any atom is -0.347 e. The Balaban J connectivity index is 3.86. The Hall–Kier alpha value is -1.57. The monoisotopic (exact) mass is 183 g/mol. The predicted octanol–water partition coefficient (Wildman–Crippen LogP) is -0.254. The highest BCUT2D eigenvalue weighted by atomic mass is 16.2. The largest absolute Gasteiger partial charge is 0.347 e. The van der Waals surface area contributed by atoms with E-state index in [0.717, 1.165) is 0 Å². The van der Waals surface area contributed by atoms with Crippen molar-refractivity contribution in [3.05, 3.63) is 0 Å². The van der Waals surface area contributed by atoms with E-state index in [1.54, 1.807) is 20.8 Å². The van der Waals surface area contributed by atoms with Crippen LogP contribution in [-0.2, 0) is 9.59 Å². The van der Waals surface area contributed by atoms with Gasteiger partial charge in [0.15, 0.2) is 6.19 Å². The molecule has 2 amide bonds. The maximum absolute atomic E-state index is 11.2. The lowest BCUT2D eigenvalue weighted by Gasteiger charge is -2.16. The van der Waals surface area contributed by atoms with Gasteiger partial charge in [-0.25, -0.2) is 0 Å². The maximum atomic E-state index is 11.2. The van der Waals surface area contributed by atoms with E-state index in [0.29, 0.717) is 0 Å². The first-order valence-corrected chi connectivity index (χ1v) is 3.84. The van der Waals surface area contributed by atoms with Gasteiger partial charge in [0.2, 0.25) is 5.91 Å². The second kappa shape index (κ2) is 4.45. The van der Waals surface area contributed by atoms with Crippen molar-refractivity contribution in [1.82, 2.24) is 10.6 Å². The number of nitriles is 1. The Morgan fingerprint density at radius 1 is 1.38 bits per heavy atom. The quantitative estimate of drug-likeness (QED) is 0.457. The number of nitrogens with zero attached hydrogens (tertiary/aromatic N) is 1. The molecule has 0 atom stereocenters. The van der Waals surface area contributed by atoms with Crippen LogP contribution < -0.4 is 10.6 Å². The van der Waals surface area contributed by atoms with Gasteiger partial charge in [-0.1, -0.05) is 20.8 Å². The number of hydrogen-bond donors (Lipinski definition) is 2. The number of nitrogens with one attached hydrogen (secondary N) is 2. The van der Waals surface area contributed by atoms with Crippen LogP contribution in [0.15, 0.2) is 0 Å². The third-order valence-corrected chi connectivity index (χ3v) is 1.29. The molecule has 0 aliphatic rings. The van der Waals surface area contributed by atoms with Crippen LogP contribution in [0.25, 0.3) is 0 Å². The highest BCUT2D eigenvalue weighted by Gasteiger charge is 2.21. The summed E-state index contributed by atoms with van der Waals surface area (Å²) in [5.74, 6) is -0.735. The molecule has 5 nitrogen and oxygen atoms in total. The highest BCUT2D eigenvalue weighted by molar-refractivity contribution is 5.87. The van der Waals surface area contributed by atoms with Crippen molar-refractivity contribution in [2.24, 2.45) is 5.41 Å². The van der Waals surface area contributed by atoms with Gasteiger partial charge in [-0.3, -0.25) is 14.9 Å². The molecule has 0 spiro atoms. The van der Waals surface area contributed by atoms with Gasteiger partial charge in [0, 0.05) is 5.41 Å². The van der Waals surface area contributed by atoms with E-state index in [4.69, 9.17) is 5.26 Å². The summed E-state index contributed by atoms with van der Waals surface area (Å²) < 4.78 is 0. The van der Waals surface area contributed by atoms with Crippen molar-refractivity contribution in [2.45, 2.75) is 20.8 Å². The Labute approximate surface area is 77.1 Å². The molecule has 2 N–H and O–H groups in total. The zero-order valence-electron chi connectivity index (χ0n) is 7.97. The van der Waals surface area contributed by atoms with Gasteiger partial charge in [-0.05, 0) is 0 Å². The fourth-order valence-corrected chi connectivity index (χ4v) is 0.532. The molecule has 72 valence electrons. The summed E-state index contributed by atoms with van der Waals surface area (Å²) in [4.78, 5) is 21.9. The normalized spacial score (nSPS) is 10.0. The summed E-state index contributed by atoms with van der Waals surface area (Å²) in [7, 11) is 0. The van der Waals surface area contributed by atoms with Crippen LogP contribution >= 0.6 is 0 Å². The molecule has 0 bridgehead atoms. The molecule has 0 aliphatic heterocycles. The van der Waals surface area contributed by atoms with E-state index in [1.165, 1.54) is 6.19 Å². The van der Waals surface area contributed by atoms with Gasteiger partial charge >= 0.3 is 0 Å². The van der Waals surface area contributed by atoms with Crippen LogP contribution in [0.5, 0.6) is 0 Å². The van der Waals surface area contributed by atoms with E-state index in [2.05, 4.69) is 5.32 Å². The predicted molar refractivity (Wildman–Crippen MR) is 46.2 cm³/mol. The third-order valence-electron chi connectivity index (χ3n) is 1.29. The van der Waals surface area contributed by atoms with Crippen LogP contribution in [-0.4, -0.2) is 18.4 Å². The fraction of sp³-hybridized carbons (Fsp3) is 0.625.